The quantitative estimate of drug-likeness (QED) is 0.389. The van der Waals surface area contributed by atoms with Crippen molar-refractivity contribution < 1.29 is 14.3 Å². The molecule has 0 saturated heterocycles. The van der Waals surface area contributed by atoms with Gasteiger partial charge in [-0.15, -0.1) is 0 Å². The molecule has 164 valence electrons. The maximum absolute atomic E-state index is 12.8. The average Bonchev–Trinajstić information content (AvgIpc) is 2.82. The molecular formula is C25H23BrN2O4. The summed E-state index contributed by atoms with van der Waals surface area (Å²) in [5.74, 6) is 1.16. The molecule has 0 aliphatic carbocycles. The number of pyridine rings is 1. The normalized spacial score (nSPS) is 11.0. The Bertz CT molecular complexity index is 1300. The fourth-order valence-corrected chi connectivity index (χ4v) is 4.39. The van der Waals surface area contributed by atoms with E-state index in [2.05, 4.69) is 21.2 Å². The second-order valence-corrected chi connectivity index (χ2v) is 8.20. The lowest BCUT2D eigenvalue weighted by Crippen LogP contribution is -2.30. The number of nitrogens with one attached hydrogen (secondary N) is 1. The van der Waals surface area contributed by atoms with Gasteiger partial charge in [-0.25, -0.2) is 0 Å². The topological polar surface area (TPSA) is 69.6 Å². The van der Waals surface area contributed by atoms with E-state index in [0.717, 1.165) is 21.1 Å². The standard InChI is InChI=1S/C25H23BrN2O4/c1-31-22-13-16(19(26)14-23(22)32-2)11-12-27-24(29)15-28-20-9-5-3-7-17(20)25(30)18-8-4-6-10-21(18)28/h3-10,13-14H,11-12,15H2,1-2H3,(H,27,29). The van der Waals surface area contributed by atoms with Crippen LogP contribution in [0.4, 0.5) is 0 Å². The van der Waals surface area contributed by atoms with Crippen LogP contribution < -0.4 is 20.2 Å². The van der Waals surface area contributed by atoms with Gasteiger partial charge in [0, 0.05) is 21.8 Å². The number of halogens is 1. The van der Waals surface area contributed by atoms with E-state index in [-0.39, 0.29) is 17.9 Å². The molecular weight excluding hydrogens is 472 g/mol. The van der Waals surface area contributed by atoms with Crippen molar-refractivity contribution in [1.82, 2.24) is 9.88 Å². The number of benzene rings is 3. The Morgan fingerprint density at radius 2 is 1.50 bits per heavy atom. The predicted octanol–water partition coefficient (Wildman–Crippen LogP) is 4.29. The van der Waals surface area contributed by atoms with E-state index < -0.39 is 0 Å². The van der Waals surface area contributed by atoms with Gasteiger partial charge in [0.1, 0.15) is 6.54 Å². The summed E-state index contributed by atoms with van der Waals surface area (Å²) in [6.07, 6.45) is 0.623. The van der Waals surface area contributed by atoms with Crippen LogP contribution in [0.1, 0.15) is 5.56 Å². The summed E-state index contributed by atoms with van der Waals surface area (Å²) in [6, 6.07) is 18.5. The number of hydrogen-bond acceptors (Lipinski definition) is 4. The molecule has 1 amide bonds. The van der Waals surface area contributed by atoms with E-state index in [9.17, 15) is 9.59 Å². The van der Waals surface area contributed by atoms with E-state index in [1.165, 1.54) is 0 Å². The van der Waals surface area contributed by atoms with Crippen LogP contribution >= 0.6 is 15.9 Å². The first-order chi connectivity index (χ1) is 15.5. The lowest BCUT2D eigenvalue weighted by Gasteiger charge is -2.15. The molecule has 7 heteroatoms. The lowest BCUT2D eigenvalue weighted by molar-refractivity contribution is -0.121. The number of methoxy groups -OCH3 is 2. The minimum atomic E-state index is -0.124. The third kappa shape index (κ3) is 4.21. The molecule has 0 bridgehead atoms. The van der Waals surface area contributed by atoms with Crippen LogP contribution in [0.3, 0.4) is 0 Å². The van der Waals surface area contributed by atoms with E-state index in [4.69, 9.17) is 9.47 Å². The van der Waals surface area contributed by atoms with E-state index in [1.807, 2.05) is 53.1 Å². The predicted molar refractivity (Wildman–Crippen MR) is 130 cm³/mol. The summed E-state index contributed by atoms with van der Waals surface area (Å²) in [4.78, 5) is 25.7. The highest BCUT2D eigenvalue weighted by molar-refractivity contribution is 9.10. The van der Waals surface area contributed by atoms with Crippen LogP contribution in [-0.2, 0) is 17.8 Å². The Labute approximate surface area is 193 Å². The summed E-state index contributed by atoms with van der Waals surface area (Å²) >= 11 is 3.55. The first-order valence-electron chi connectivity index (χ1n) is 10.2. The number of amides is 1. The first kappa shape index (κ1) is 21.9. The molecule has 32 heavy (non-hydrogen) atoms. The number of carbonyl (C=O) groups is 1. The minimum Gasteiger partial charge on any atom is -0.493 e. The molecule has 1 N–H and O–H groups in total. The maximum Gasteiger partial charge on any atom is 0.239 e. The van der Waals surface area contributed by atoms with Gasteiger partial charge in [0.2, 0.25) is 5.91 Å². The SMILES string of the molecule is COc1cc(Br)c(CCNC(=O)Cn2c3ccccc3c(=O)c3ccccc32)cc1OC. The summed E-state index contributed by atoms with van der Waals surface area (Å²) in [6.45, 7) is 0.581. The molecule has 0 fully saturated rings. The number of aromatic nitrogens is 1. The Balaban J connectivity index is 1.54. The smallest absolute Gasteiger partial charge is 0.239 e. The van der Waals surface area contributed by atoms with Crippen molar-refractivity contribution in [2.24, 2.45) is 0 Å². The average molecular weight is 495 g/mol. The van der Waals surface area contributed by atoms with Crippen molar-refractivity contribution in [1.29, 1.82) is 0 Å². The van der Waals surface area contributed by atoms with Gasteiger partial charge in [0.25, 0.3) is 0 Å². The zero-order valence-corrected chi connectivity index (χ0v) is 19.4. The van der Waals surface area contributed by atoms with Gasteiger partial charge >= 0.3 is 0 Å². The maximum atomic E-state index is 12.8. The highest BCUT2D eigenvalue weighted by Gasteiger charge is 2.13. The second kappa shape index (κ2) is 9.44. The molecule has 0 unspecified atom stereocenters. The highest BCUT2D eigenvalue weighted by Crippen LogP contribution is 2.33. The molecule has 3 aromatic carbocycles. The van der Waals surface area contributed by atoms with Gasteiger partial charge in [-0.3, -0.25) is 9.59 Å². The van der Waals surface area contributed by atoms with Crippen LogP contribution in [-0.4, -0.2) is 31.2 Å². The third-order valence-electron chi connectivity index (χ3n) is 5.45. The molecule has 0 aliphatic rings. The molecule has 0 atom stereocenters. The summed E-state index contributed by atoms with van der Waals surface area (Å²) in [5, 5.41) is 4.20. The summed E-state index contributed by atoms with van der Waals surface area (Å²) in [5.41, 5.74) is 2.47. The fraction of sp³-hybridized carbons (Fsp3) is 0.200. The van der Waals surface area contributed by atoms with Crippen LogP contribution in [0.15, 0.2) is 69.9 Å². The first-order valence-corrected chi connectivity index (χ1v) is 11.0. The molecule has 6 nitrogen and oxygen atoms in total. The minimum absolute atomic E-state index is 0.0221. The molecule has 1 aromatic heterocycles. The summed E-state index contributed by atoms with van der Waals surface area (Å²) < 4.78 is 13.5. The van der Waals surface area contributed by atoms with Crippen LogP contribution in [0, 0.1) is 0 Å². The molecule has 4 aromatic rings. The fourth-order valence-electron chi connectivity index (χ4n) is 3.87. The summed E-state index contributed by atoms with van der Waals surface area (Å²) in [7, 11) is 3.19. The van der Waals surface area contributed by atoms with E-state index >= 15 is 0 Å². The highest BCUT2D eigenvalue weighted by atomic mass is 79.9. The number of ether oxygens (including phenoxy) is 2. The van der Waals surface area contributed by atoms with Crippen LogP contribution in [0.5, 0.6) is 11.5 Å². The van der Waals surface area contributed by atoms with E-state index in [1.54, 1.807) is 26.4 Å². The van der Waals surface area contributed by atoms with Gasteiger partial charge in [-0.1, -0.05) is 40.2 Å². The number of nitrogens with zero attached hydrogens (tertiary/aromatic N) is 1. The Kier molecular flexibility index (Phi) is 6.46. The van der Waals surface area contributed by atoms with Crippen molar-refractivity contribution in [3.63, 3.8) is 0 Å². The van der Waals surface area contributed by atoms with Gasteiger partial charge in [0.05, 0.1) is 25.3 Å². The third-order valence-corrected chi connectivity index (χ3v) is 6.19. The second-order valence-electron chi connectivity index (χ2n) is 7.35. The van der Waals surface area contributed by atoms with Crippen molar-refractivity contribution in [2.75, 3.05) is 20.8 Å². The van der Waals surface area contributed by atoms with Crippen molar-refractivity contribution in [3.8, 4) is 11.5 Å². The van der Waals surface area contributed by atoms with E-state index in [0.29, 0.717) is 35.2 Å². The Morgan fingerprint density at radius 3 is 2.09 bits per heavy atom. The van der Waals surface area contributed by atoms with Gasteiger partial charge in [-0.2, -0.15) is 0 Å². The number of para-hydroxylation sites is 2. The van der Waals surface area contributed by atoms with Crippen LogP contribution in [0.2, 0.25) is 0 Å². The van der Waals surface area contributed by atoms with Crippen molar-refractivity contribution >= 4 is 43.6 Å². The number of carbonyl (C=O) groups excluding carboxylic acids is 1. The number of rotatable bonds is 7. The molecule has 4 rings (SSSR count). The molecule has 0 saturated carbocycles. The molecule has 1 heterocycles. The number of fused-ring (bicyclic) bond motifs is 2. The Morgan fingerprint density at radius 1 is 0.938 bits per heavy atom. The van der Waals surface area contributed by atoms with Gasteiger partial charge < -0.3 is 19.4 Å². The lowest BCUT2D eigenvalue weighted by atomic mass is 10.1. The Hall–Kier alpha value is -3.32. The van der Waals surface area contributed by atoms with Crippen molar-refractivity contribution in [3.05, 3.63) is 80.9 Å². The van der Waals surface area contributed by atoms with Gasteiger partial charge in [-0.05, 0) is 48.4 Å². The zero-order chi connectivity index (χ0) is 22.7. The number of hydrogen-bond donors (Lipinski definition) is 1. The monoisotopic (exact) mass is 494 g/mol. The molecule has 0 spiro atoms. The van der Waals surface area contributed by atoms with Gasteiger partial charge in [0.15, 0.2) is 16.9 Å². The van der Waals surface area contributed by atoms with Crippen LogP contribution in [0.25, 0.3) is 21.8 Å². The van der Waals surface area contributed by atoms with Crippen molar-refractivity contribution in [2.45, 2.75) is 13.0 Å². The molecule has 0 radical (unpaired) electrons. The zero-order valence-electron chi connectivity index (χ0n) is 17.9. The largest absolute Gasteiger partial charge is 0.493 e. The molecule has 0 aliphatic heterocycles.